The first-order valence-electron chi connectivity index (χ1n) is 3.28. The molecule has 0 aromatic rings. The summed E-state index contributed by atoms with van der Waals surface area (Å²) in [5.74, 6) is 0. The SMILES string of the molecule is NCCN1N2C(N)C12C=O. The molecule has 2 fully saturated rings. The van der Waals surface area contributed by atoms with Crippen molar-refractivity contribution in [3.63, 3.8) is 0 Å². The van der Waals surface area contributed by atoms with Crippen LogP contribution in [0.3, 0.4) is 0 Å². The minimum absolute atomic E-state index is 0.0726. The van der Waals surface area contributed by atoms with Gasteiger partial charge in [-0.15, -0.1) is 0 Å². The first kappa shape index (κ1) is 6.23. The van der Waals surface area contributed by atoms with Crippen molar-refractivity contribution in [2.45, 2.75) is 11.8 Å². The third-order valence-electron chi connectivity index (χ3n) is 2.15. The van der Waals surface area contributed by atoms with Crippen LogP contribution in [0.1, 0.15) is 0 Å². The van der Waals surface area contributed by atoms with Crippen molar-refractivity contribution in [2.24, 2.45) is 11.5 Å². The van der Waals surface area contributed by atoms with Crippen LogP contribution in [-0.4, -0.2) is 41.2 Å². The predicted molar refractivity (Wildman–Crippen MR) is 34.4 cm³/mol. The minimum Gasteiger partial charge on any atom is -0.329 e. The predicted octanol–water partition coefficient (Wildman–Crippen LogP) is -2.33. The Labute approximate surface area is 58.5 Å². The normalized spacial score (nSPS) is 55.6. The monoisotopic (exact) mass is 142 g/mol. The van der Waals surface area contributed by atoms with Gasteiger partial charge in [-0.2, -0.15) is 5.01 Å². The molecular formula is C5H10N4O. The van der Waals surface area contributed by atoms with Crippen LogP contribution in [0.15, 0.2) is 0 Å². The van der Waals surface area contributed by atoms with E-state index in [1.807, 2.05) is 10.0 Å². The minimum atomic E-state index is -0.431. The van der Waals surface area contributed by atoms with Crippen LogP contribution in [0, 0.1) is 0 Å². The number of hydrazine groups is 1. The van der Waals surface area contributed by atoms with Crippen molar-refractivity contribution >= 4 is 6.29 Å². The molecule has 4 atom stereocenters. The largest absolute Gasteiger partial charge is 0.329 e. The van der Waals surface area contributed by atoms with Crippen LogP contribution < -0.4 is 11.5 Å². The van der Waals surface area contributed by atoms with Gasteiger partial charge in [0.15, 0.2) is 11.9 Å². The molecule has 10 heavy (non-hydrogen) atoms. The molecule has 0 spiro atoms. The maximum atomic E-state index is 10.4. The number of nitrogens with two attached hydrogens (primary N) is 2. The van der Waals surface area contributed by atoms with E-state index in [4.69, 9.17) is 11.5 Å². The zero-order chi connectivity index (χ0) is 7.35. The fourth-order valence-electron chi connectivity index (χ4n) is 1.45. The van der Waals surface area contributed by atoms with Crippen LogP contribution in [0.4, 0.5) is 0 Å². The molecular weight excluding hydrogens is 132 g/mol. The second-order valence-corrected chi connectivity index (χ2v) is 2.60. The average Bonchev–Trinajstić information content (AvgIpc) is 2.76. The molecule has 0 amide bonds. The highest BCUT2D eigenvalue weighted by molar-refractivity contribution is 5.75. The average molecular weight is 142 g/mol. The third kappa shape index (κ3) is 0.421. The Kier molecular flexibility index (Phi) is 0.976. The molecule has 2 heterocycles. The van der Waals surface area contributed by atoms with Gasteiger partial charge in [-0.3, -0.25) is 4.79 Å². The summed E-state index contributed by atoms with van der Waals surface area (Å²) in [7, 11) is 0. The molecule has 0 saturated carbocycles. The summed E-state index contributed by atoms with van der Waals surface area (Å²) in [6.07, 6.45) is 0.810. The number of carbonyl (C=O) groups is 1. The van der Waals surface area contributed by atoms with Gasteiger partial charge in [0.1, 0.15) is 6.17 Å². The zero-order valence-electron chi connectivity index (χ0n) is 5.53. The van der Waals surface area contributed by atoms with E-state index in [-0.39, 0.29) is 6.17 Å². The van der Waals surface area contributed by atoms with Crippen LogP contribution in [0.5, 0.6) is 0 Å². The van der Waals surface area contributed by atoms with E-state index in [1.54, 1.807) is 0 Å². The number of aldehydes is 1. The van der Waals surface area contributed by atoms with Crippen LogP contribution >= 0.6 is 0 Å². The molecule has 0 bridgehead atoms. The lowest BCUT2D eigenvalue weighted by Crippen LogP contribution is -2.39. The Morgan fingerprint density at radius 1 is 1.70 bits per heavy atom. The highest BCUT2D eigenvalue weighted by Gasteiger charge is 2.84. The molecule has 5 heteroatoms. The van der Waals surface area contributed by atoms with Crippen molar-refractivity contribution in [1.82, 2.24) is 10.0 Å². The van der Waals surface area contributed by atoms with E-state index in [0.29, 0.717) is 6.54 Å². The van der Waals surface area contributed by atoms with Crippen molar-refractivity contribution in [2.75, 3.05) is 13.1 Å². The van der Waals surface area contributed by atoms with E-state index in [9.17, 15) is 4.79 Å². The summed E-state index contributed by atoms with van der Waals surface area (Å²) in [4.78, 5) is 10.4. The van der Waals surface area contributed by atoms with Gasteiger partial charge in [0.2, 0.25) is 0 Å². The van der Waals surface area contributed by atoms with E-state index in [2.05, 4.69) is 0 Å². The van der Waals surface area contributed by atoms with Gasteiger partial charge in [0, 0.05) is 13.1 Å². The van der Waals surface area contributed by atoms with Crippen molar-refractivity contribution in [3.05, 3.63) is 0 Å². The Hall–Kier alpha value is -0.490. The highest BCUT2D eigenvalue weighted by atomic mass is 16.2. The van der Waals surface area contributed by atoms with Crippen molar-refractivity contribution in [1.29, 1.82) is 0 Å². The highest BCUT2D eigenvalue weighted by Crippen LogP contribution is 2.56. The topological polar surface area (TPSA) is 75.1 Å². The number of rotatable bonds is 3. The molecule has 5 nitrogen and oxygen atoms in total. The molecule has 4 unspecified atom stereocenters. The molecule has 0 aliphatic carbocycles. The van der Waals surface area contributed by atoms with Crippen LogP contribution in [0.2, 0.25) is 0 Å². The molecule has 0 radical (unpaired) electrons. The number of carbonyl (C=O) groups excluding carboxylic acids is 1. The fraction of sp³-hybridized carbons (Fsp3) is 0.800. The Morgan fingerprint density at radius 2 is 2.40 bits per heavy atom. The van der Waals surface area contributed by atoms with Gasteiger partial charge in [-0.25, -0.2) is 5.01 Å². The molecule has 0 aromatic heterocycles. The summed E-state index contributed by atoms with van der Waals surface area (Å²) < 4.78 is 0. The number of nitrogens with zero attached hydrogens (tertiary/aromatic N) is 2. The summed E-state index contributed by atoms with van der Waals surface area (Å²) in [6.45, 7) is 1.30. The second kappa shape index (κ2) is 1.57. The van der Waals surface area contributed by atoms with Crippen molar-refractivity contribution in [3.8, 4) is 0 Å². The summed E-state index contributed by atoms with van der Waals surface area (Å²) >= 11 is 0. The van der Waals surface area contributed by atoms with E-state index < -0.39 is 5.66 Å². The third-order valence-corrected chi connectivity index (χ3v) is 2.15. The summed E-state index contributed by atoms with van der Waals surface area (Å²) in [5.41, 5.74) is 10.3. The van der Waals surface area contributed by atoms with Crippen LogP contribution in [-0.2, 0) is 4.79 Å². The molecule has 2 aliphatic rings. The van der Waals surface area contributed by atoms with Gasteiger partial charge < -0.3 is 11.5 Å². The lowest BCUT2D eigenvalue weighted by atomic mass is 10.3. The first-order chi connectivity index (χ1) is 4.79. The number of fused-ring (bicyclic) bond motifs is 1. The Bertz CT molecular complexity index is 184. The Balaban J connectivity index is 1.95. The standard InChI is InChI=1S/C5H10N4O/c6-1-2-8-5(3-10)4(7)9(5)8/h3-4H,1-2,6-7H2. The molecule has 2 rings (SSSR count). The lowest BCUT2D eigenvalue weighted by molar-refractivity contribution is -0.110. The van der Waals surface area contributed by atoms with Gasteiger partial charge in [-0.1, -0.05) is 0 Å². The second-order valence-electron chi connectivity index (χ2n) is 2.60. The number of hydrogen-bond donors (Lipinski definition) is 2. The number of hydrogen-bond acceptors (Lipinski definition) is 5. The fourth-order valence-corrected chi connectivity index (χ4v) is 1.45. The van der Waals surface area contributed by atoms with Crippen molar-refractivity contribution < 1.29 is 4.79 Å². The van der Waals surface area contributed by atoms with Gasteiger partial charge in [0.25, 0.3) is 0 Å². The molecule has 4 N–H and O–H groups in total. The maximum absolute atomic E-state index is 10.4. The first-order valence-corrected chi connectivity index (χ1v) is 3.28. The smallest absolute Gasteiger partial charge is 0.188 e. The van der Waals surface area contributed by atoms with E-state index >= 15 is 0 Å². The summed E-state index contributed by atoms with van der Waals surface area (Å²) in [6, 6.07) is 0. The quantitative estimate of drug-likeness (QED) is 0.341. The summed E-state index contributed by atoms with van der Waals surface area (Å²) in [5, 5.41) is 3.71. The molecule has 56 valence electrons. The van der Waals surface area contributed by atoms with E-state index in [0.717, 1.165) is 12.8 Å². The lowest BCUT2D eigenvalue weighted by Gasteiger charge is -2.10. The van der Waals surface area contributed by atoms with Gasteiger partial charge in [-0.05, 0) is 0 Å². The van der Waals surface area contributed by atoms with Gasteiger partial charge >= 0.3 is 0 Å². The molecule has 2 aliphatic heterocycles. The molecule has 2 saturated heterocycles. The Morgan fingerprint density at radius 3 is 2.70 bits per heavy atom. The van der Waals surface area contributed by atoms with Gasteiger partial charge in [0.05, 0.1) is 0 Å². The van der Waals surface area contributed by atoms with Crippen LogP contribution in [0.25, 0.3) is 0 Å². The maximum Gasteiger partial charge on any atom is 0.188 e. The molecule has 0 aromatic carbocycles. The van der Waals surface area contributed by atoms with E-state index in [1.165, 1.54) is 0 Å². The zero-order valence-corrected chi connectivity index (χ0v) is 5.53.